The van der Waals surface area contributed by atoms with Crippen LogP contribution < -0.4 is 4.90 Å². The second kappa shape index (κ2) is 6.37. The van der Waals surface area contributed by atoms with Crippen molar-refractivity contribution in [3.8, 4) is 5.75 Å². The molecule has 128 valence electrons. The molecular weight excluding hydrogens is 328 g/mol. The molecule has 0 unspecified atom stereocenters. The highest BCUT2D eigenvalue weighted by Crippen LogP contribution is 2.29. The molecule has 0 saturated carbocycles. The number of furan rings is 1. The van der Waals surface area contributed by atoms with Gasteiger partial charge in [0.2, 0.25) is 0 Å². The van der Waals surface area contributed by atoms with E-state index in [1.807, 2.05) is 31.2 Å². The number of hydrogen-bond acceptors (Lipinski definition) is 4. The molecule has 2 aromatic carbocycles. The second-order valence-corrected chi connectivity index (χ2v) is 6.01. The SMILES string of the molecule is Cc1cccc(C2=N/C(=C/c3ccco3)C(=O)N2c2ccc(O)cc2)c1. The zero-order valence-corrected chi connectivity index (χ0v) is 14.1. The molecular formula is C21H16N2O3. The average molecular weight is 344 g/mol. The van der Waals surface area contributed by atoms with Crippen LogP contribution in [0.15, 0.2) is 82.0 Å². The van der Waals surface area contributed by atoms with Crippen molar-refractivity contribution in [3.05, 3.63) is 89.5 Å². The maximum absolute atomic E-state index is 13.0. The second-order valence-electron chi connectivity index (χ2n) is 6.01. The van der Waals surface area contributed by atoms with Crippen molar-refractivity contribution in [2.24, 2.45) is 4.99 Å². The molecule has 0 atom stereocenters. The molecule has 1 aliphatic heterocycles. The lowest BCUT2D eigenvalue weighted by molar-refractivity contribution is -0.113. The number of carbonyl (C=O) groups is 1. The van der Waals surface area contributed by atoms with Gasteiger partial charge in [0.1, 0.15) is 23.0 Å². The minimum Gasteiger partial charge on any atom is -0.508 e. The zero-order valence-electron chi connectivity index (χ0n) is 14.1. The average Bonchev–Trinajstić information content (AvgIpc) is 3.25. The van der Waals surface area contributed by atoms with E-state index in [2.05, 4.69) is 4.99 Å². The van der Waals surface area contributed by atoms with E-state index in [1.165, 1.54) is 0 Å². The molecule has 0 spiro atoms. The van der Waals surface area contributed by atoms with Gasteiger partial charge >= 0.3 is 0 Å². The fraction of sp³-hybridized carbons (Fsp3) is 0.0476. The van der Waals surface area contributed by atoms with Gasteiger partial charge in [0.25, 0.3) is 5.91 Å². The number of phenols is 1. The molecule has 3 aromatic rings. The van der Waals surface area contributed by atoms with Crippen LogP contribution in [0.4, 0.5) is 5.69 Å². The topological polar surface area (TPSA) is 66.0 Å². The van der Waals surface area contributed by atoms with Crippen LogP contribution in [-0.4, -0.2) is 16.8 Å². The monoisotopic (exact) mass is 344 g/mol. The predicted octanol–water partition coefficient (Wildman–Crippen LogP) is 4.13. The third-order valence-corrected chi connectivity index (χ3v) is 4.07. The number of carbonyl (C=O) groups excluding carboxylic acids is 1. The molecule has 5 nitrogen and oxygen atoms in total. The first-order valence-corrected chi connectivity index (χ1v) is 8.16. The van der Waals surface area contributed by atoms with Crippen molar-refractivity contribution in [1.82, 2.24) is 0 Å². The lowest BCUT2D eigenvalue weighted by atomic mass is 10.1. The largest absolute Gasteiger partial charge is 0.508 e. The van der Waals surface area contributed by atoms with Crippen molar-refractivity contribution in [3.63, 3.8) is 0 Å². The Morgan fingerprint density at radius 1 is 1.08 bits per heavy atom. The fourth-order valence-corrected chi connectivity index (χ4v) is 2.84. The van der Waals surface area contributed by atoms with E-state index in [-0.39, 0.29) is 11.7 Å². The number of benzene rings is 2. The first-order chi connectivity index (χ1) is 12.6. The highest BCUT2D eigenvalue weighted by Gasteiger charge is 2.32. The van der Waals surface area contributed by atoms with Crippen molar-refractivity contribution >= 4 is 23.5 Å². The van der Waals surface area contributed by atoms with Crippen LogP contribution in [0.1, 0.15) is 16.9 Å². The molecule has 5 heteroatoms. The van der Waals surface area contributed by atoms with Crippen LogP contribution in [0.5, 0.6) is 5.75 Å². The molecule has 0 fully saturated rings. The smallest absolute Gasteiger partial charge is 0.282 e. The van der Waals surface area contributed by atoms with Gasteiger partial charge in [0.15, 0.2) is 0 Å². The summed E-state index contributed by atoms with van der Waals surface area (Å²) in [4.78, 5) is 19.1. The molecule has 0 aliphatic carbocycles. The summed E-state index contributed by atoms with van der Waals surface area (Å²) >= 11 is 0. The Bertz CT molecular complexity index is 1020. The molecule has 0 radical (unpaired) electrons. The Morgan fingerprint density at radius 2 is 1.88 bits per heavy atom. The Morgan fingerprint density at radius 3 is 2.58 bits per heavy atom. The number of amidine groups is 1. The van der Waals surface area contributed by atoms with Gasteiger partial charge in [-0.1, -0.05) is 23.8 Å². The molecule has 26 heavy (non-hydrogen) atoms. The molecule has 4 rings (SSSR count). The summed E-state index contributed by atoms with van der Waals surface area (Å²) in [6, 6.07) is 17.8. The van der Waals surface area contributed by atoms with Crippen LogP contribution in [0.25, 0.3) is 6.08 Å². The number of aromatic hydroxyl groups is 1. The summed E-state index contributed by atoms with van der Waals surface area (Å²) in [6.45, 7) is 1.99. The van der Waals surface area contributed by atoms with Crippen molar-refractivity contribution in [2.75, 3.05) is 4.90 Å². The summed E-state index contributed by atoms with van der Waals surface area (Å²) < 4.78 is 5.31. The third kappa shape index (κ3) is 2.91. The number of aliphatic imine (C=N–C) groups is 1. The standard InChI is InChI=1S/C21H16N2O3/c1-14-4-2-5-15(12-14)20-22-19(13-18-6-3-11-26-18)21(25)23(20)16-7-9-17(24)10-8-16/h2-13,24H,1H3/b19-13+. The van der Waals surface area contributed by atoms with E-state index in [9.17, 15) is 9.90 Å². The molecule has 2 heterocycles. The van der Waals surface area contributed by atoms with E-state index in [4.69, 9.17) is 4.42 Å². The predicted molar refractivity (Wildman–Crippen MR) is 100.0 cm³/mol. The van der Waals surface area contributed by atoms with Gasteiger partial charge in [-0.05, 0) is 49.4 Å². The number of phenolic OH excluding ortho intramolecular Hbond substituents is 1. The number of rotatable bonds is 3. The van der Waals surface area contributed by atoms with E-state index < -0.39 is 0 Å². The summed E-state index contributed by atoms with van der Waals surface area (Å²) in [5.41, 5.74) is 2.85. The van der Waals surface area contributed by atoms with E-state index in [1.54, 1.807) is 53.6 Å². The number of anilines is 1. The van der Waals surface area contributed by atoms with Gasteiger partial charge in [-0.25, -0.2) is 4.99 Å². The number of amides is 1. The molecule has 1 N–H and O–H groups in total. The summed E-state index contributed by atoms with van der Waals surface area (Å²) in [7, 11) is 0. The highest BCUT2D eigenvalue weighted by molar-refractivity contribution is 6.33. The van der Waals surface area contributed by atoms with E-state index >= 15 is 0 Å². The van der Waals surface area contributed by atoms with Crippen LogP contribution >= 0.6 is 0 Å². The lowest BCUT2D eigenvalue weighted by Crippen LogP contribution is -2.32. The highest BCUT2D eigenvalue weighted by atomic mass is 16.3. The van der Waals surface area contributed by atoms with Crippen LogP contribution in [0.3, 0.4) is 0 Å². The van der Waals surface area contributed by atoms with Crippen molar-refractivity contribution in [1.29, 1.82) is 0 Å². The maximum atomic E-state index is 13.0. The molecule has 1 amide bonds. The number of aryl methyl sites for hydroxylation is 1. The lowest BCUT2D eigenvalue weighted by Gasteiger charge is -2.18. The molecule has 0 bridgehead atoms. The molecule has 1 aliphatic rings. The van der Waals surface area contributed by atoms with Gasteiger partial charge in [0.05, 0.1) is 12.0 Å². The van der Waals surface area contributed by atoms with Crippen molar-refractivity contribution in [2.45, 2.75) is 6.92 Å². The molecule has 1 aromatic heterocycles. The third-order valence-electron chi connectivity index (χ3n) is 4.07. The van der Waals surface area contributed by atoms with Gasteiger partial charge in [-0.3, -0.25) is 9.69 Å². The Kier molecular flexibility index (Phi) is 3.89. The van der Waals surface area contributed by atoms with Gasteiger partial charge in [-0.2, -0.15) is 0 Å². The van der Waals surface area contributed by atoms with Crippen LogP contribution in [0.2, 0.25) is 0 Å². The van der Waals surface area contributed by atoms with Gasteiger partial charge in [0, 0.05) is 11.6 Å². The number of nitrogens with zero attached hydrogens (tertiary/aromatic N) is 2. The zero-order chi connectivity index (χ0) is 18.1. The summed E-state index contributed by atoms with van der Waals surface area (Å²) in [5.74, 6) is 1.000. The fourth-order valence-electron chi connectivity index (χ4n) is 2.84. The van der Waals surface area contributed by atoms with Crippen LogP contribution in [0, 0.1) is 6.92 Å². The van der Waals surface area contributed by atoms with E-state index in [0.717, 1.165) is 11.1 Å². The Balaban J connectivity index is 1.84. The van der Waals surface area contributed by atoms with Gasteiger partial charge < -0.3 is 9.52 Å². The Hall–Kier alpha value is -3.60. The van der Waals surface area contributed by atoms with Crippen molar-refractivity contribution < 1.29 is 14.3 Å². The van der Waals surface area contributed by atoms with E-state index in [0.29, 0.717) is 23.0 Å². The minimum atomic E-state index is -0.247. The van der Waals surface area contributed by atoms with Gasteiger partial charge in [-0.15, -0.1) is 0 Å². The number of hydrogen-bond donors (Lipinski definition) is 1. The maximum Gasteiger partial charge on any atom is 0.282 e. The first-order valence-electron chi connectivity index (χ1n) is 8.16. The normalized spacial score (nSPS) is 15.6. The first kappa shape index (κ1) is 15.9. The summed E-state index contributed by atoms with van der Waals surface area (Å²) in [5, 5.41) is 9.55. The quantitative estimate of drug-likeness (QED) is 0.727. The van der Waals surface area contributed by atoms with Crippen LogP contribution in [-0.2, 0) is 4.79 Å². The Labute approximate surface area is 150 Å². The summed E-state index contributed by atoms with van der Waals surface area (Å²) in [6.07, 6.45) is 3.17. The minimum absolute atomic E-state index is 0.140. The molecule has 0 saturated heterocycles.